The van der Waals surface area contributed by atoms with Crippen LogP contribution in [0.2, 0.25) is 0 Å². The van der Waals surface area contributed by atoms with Crippen molar-refractivity contribution in [3.05, 3.63) is 35.4 Å². The van der Waals surface area contributed by atoms with E-state index in [1.54, 1.807) is 0 Å². The summed E-state index contributed by atoms with van der Waals surface area (Å²) in [6, 6.07) is 7.63. The van der Waals surface area contributed by atoms with Gasteiger partial charge in [0.1, 0.15) is 6.04 Å². The topological polar surface area (TPSA) is 40.5 Å². The van der Waals surface area contributed by atoms with Crippen molar-refractivity contribution in [2.24, 2.45) is 0 Å². The van der Waals surface area contributed by atoms with Crippen molar-refractivity contribution in [1.82, 2.24) is 4.90 Å². The van der Waals surface area contributed by atoms with E-state index in [4.69, 9.17) is 6.42 Å². The number of hydrogen-bond acceptors (Lipinski definition) is 2. The number of fused-ring (bicyclic) bond motifs is 1. The largest absolute Gasteiger partial charge is 0.480 e. The monoisotopic (exact) mass is 243 g/mol. The van der Waals surface area contributed by atoms with Crippen molar-refractivity contribution < 1.29 is 9.90 Å². The Morgan fingerprint density at radius 2 is 2.17 bits per heavy atom. The van der Waals surface area contributed by atoms with Gasteiger partial charge in [-0.1, -0.05) is 24.3 Å². The first-order valence-corrected chi connectivity index (χ1v) is 6.19. The molecule has 0 aromatic heterocycles. The predicted octanol–water partition coefficient (Wildman–Crippen LogP) is 1.91. The van der Waals surface area contributed by atoms with Crippen LogP contribution in [0.15, 0.2) is 24.3 Å². The lowest BCUT2D eigenvalue weighted by Crippen LogP contribution is -2.45. The van der Waals surface area contributed by atoms with Crippen LogP contribution >= 0.6 is 0 Å². The molecule has 2 rings (SSSR count). The third-order valence-electron chi connectivity index (χ3n) is 3.40. The highest BCUT2D eigenvalue weighted by atomic mass is 16.4. The lowest BCUT2D eigenvalue weighted by molar-refractivity contribution is -0.144. The van der Waals surface area contributed by atoms with Crippen LogP contribution in [0.5, 0.6) is 0 Å². The number of carboxylic acids is 1. The zero-order chi connectivity index (χ0) is 13.0. The number of unbranched alkanes of at least 4 members (excludes halogenated alkanes) is 1. The SMILES string of the molecule is C#CCCCN1Cc2ccccc2CC1C(=O)O. The summed E-state index contributed by atoms with van der Waals surface area (Å²) < 4.78 is 0. The fourth-order valence-corrected chi connectivity index (χ4v) is 2.44. The van der Waals surface area contributed by atoms with Gasteiger partial charge in [0.05, 0.1) is 0 Å². The Bertz CT molecular complexity index is 476. The van der Waals surface area contributed by atoms with Gasteiger partial charge in [0.2, 0.25) is 0 Å². The number of aliphatic carboxylic acids is 1. The second-order valence-corrected chi connectivity index (χ2v) is 4.61. The molecule has 0 fully saturated rings. The number of carboxylic acid groups (broad SMARTS) is 1. The number of carbonyl (C=O) groups is 1. The molecule has 1 aliphatic heterocycles. The Hall–Kier alpha value is -1.79. The number of hydrogen-bond donors (Lipinski definition) is 1. The number of benzene rings is 1. The lowest BCUT2D eigenvalue weighted by atomic mass is 9.94. The molecule has 0 saturated heterocycles. The summed E-state index contributed by atoms with van der Waals surface area (Å²) in [5.74, 6) is 1.85. The van der Waals surface area contributed by atoms with Gasteiger partial charge in [0.15, 0.2) is 0 Å². The molecule has 0 radical (unpaired) electrons. The maximum Gasteiger partial charge on any atom is 0.321 e. The molecule has 94 valence electrons. The first-order valence-electron chi connectivity index (χ1n) is 6.19. The second kappa shape index (κ2) is 5.70. The van der Waals surface area contributed by atoms with Gasteiger partial charge in [-0.15, -0.1) is 12.3 Å². The molecule has 1 heterocycles. The van der Waals surface area contributed by atoms with Gasteiger partial charge in [0, 0.05) is 19.5 Å². The molecule has 0 bridgehead atoms. The number of rotatable bonds is 4. The van der Waals surface area contributed by atoms with Crippen LogP contribution in [0.1, 0.15) is 24.0 Å². The van der Waals surface area contributed by atoms with Gasteiger partial charge in [-0.05, 0) is 24.0 Å². The van der Waals surface area contributed by atoms with Crippen LogP contribution in [0, 0.1) is 12.3 Å². The van der Waals surface area contributed by atoms with E-state index in [1.807, 2.05) is 23.1 Å². The molecule has 3 heteroatoms. The Morgan fingerprint density at radius 3 is 2.83 bits per heavy atom. The maximum absolute atomic E-state index is 11.3. The minimum Gasteiger partial charge on any atom is -0.480 e. The molecular weight excluding hydrogens is 226 g/mol. The van der Waals surface area contributed by atoms with Gasteiger partial charge in [0.25, 0.3) is 0 Å². The van der Waals surface area contributed by atoms with Crippen LogP contribution in [-0.2, 0) is 17.8 Å². The van der Waals surface area contributed by atoms with Gasteiger partial charge in [-0.25, -0.2) is 0 Å². The van der Waals surface area contributed by atoms with E-state index in [0.29, 0.717) is 19.4 Å². The van der Waals surface area contributed by atoms with E-state index in [-0.39, 0.29) is 0 Å². The third-order valence-corrected chi connectivity index (χ3v) is 3.40. The average Bonchev–Trinajstić information content (AvgIpc) is 2.38. The molecule has 1 aromatic rings. The van der Waals surface area contributed by atoms with Crippen molar-refractivity contribution in [2.75, 3.05) is 6.54 Å². The zero-order valence-corrected chi connectivity index (χ0v) is 10.3. The van der Waals surface area contributed by atoms with Crippen molar-refractivity contribution in [3.8, 4) is 12.3 Å². The highest BCUT2D eigenvalue weighted by Crippen LogP contribution is 2.23. The Labute approximate surface area is 107 Å². The van der Waals surface area contributed by atoms with E-state index in [9.17, 15) is 9.90 Å². The van der Waals surface area contributed by atoms with E-state index in [2.05, 4.69) is 12.0 Å². The van der Waals surface area contributed by atoms with Crippen LogP contribution in [-0.4, -0.2) is 28.6 Å². The molecule has 1 aliphatic rings. The van der Waals surface area contributed by atoms with Crippen molar-refractivity contribution >= 4 is 5.97 Å². The summed E-state index contributed by atoms with van der Waals surface area (Å²) in [4.78, 5) is 13.3. The predicted molar refractivity (Wildman–Crippen MR) is 70.0 cm³/mol. The minimum atomic E-state index is -0.745. The summed E-state index contributed by atoms with van der Waals surface area (Å²) in [6.45, 7) is 1.45. The van der Waals surface area contributed by atoms with Gasteiger partial charge >= 0.3 is 5.97 Å². The highest BCUT2D eigenvalue weighted by Gasteiger charge is 2.30. The van der Waals surface area contributed by atoms with Crippen molar-refractivity contribution in [2.45, 2.75) is 31.8 Å². The maximum atomic E-state index is 11.3. The third kappa shape index (κ3) is 2.72. The summed E-state index contributed by atoms with van der Waals surface area (Å²) in [6.07, 6.45) is 7.36. The molecule has 0 aliphatic carbocycles. The van der Waals surface area contributed by atoms with Crippen molar-refractivity contribution in [1.29, 1.82) is 0 Å². The lowest BCUT2D eigenvalue weighted by Gasteiger charge is -2.34. The Morgan fingerprint density at radius 1 is 1.44 bits per heavy atom. The summed E-state index contributed by atoms with van der Waals surface area (Å²) in [7, 11) is 0. The molecule has 18 heavy (non-hydrogen) atoms. The summed E-state index contributed by atoms with van der Waals surface area (Å²) >= 11 is 0. The quantitative estimate of drug-likeness (QED) is 0.648. The Kier molecular flexibility index (Phi) is 4.01. The fourth-order valence-electron chi connectivity index (χ4n) is 2.44. The Balaban J connectivity index is 2.13. The number of nitrogens with zero attached hydrogens (tertiary/aromatic N) is 1. The van der Waals surface area contributed by atoms with Crippen LogP contribution in [0.4, 0.5) is 0 Å². The molecule has 1 unspecified atom stereocenters. The second-order valence-electron chi connectivity index (χ2n) is 4.61. The molecular formula is C15H17NO2. The molecule has 0 saturated carbocycles. The van der Waals surface area contributed by atoms with E-state index >= 15 is 0 Å². The summed E-state index contributed by atoms with van der Waals surface area (Å²) in [5, 5.41) is 9.31. The normalized spacial score (nSPS) is 18.9. The number of terminal acetylenes is 1. The smallest absolute Gasteiger partial charge is 0.321 e. The molecule has 0 spiro atoms. The van der Waals surface area contributed by atoms with Gasteiger partial charge in [-0.2, -0.15) is 0 Å². The molecule has 0 amide bonds. The standard InChI is InChI=1S/C15H17NO2/c1-2-3-6-9-16-11-13-8-5-4-7-12(13)10-14(16)15(17)18/h1,4-5,7-8,14H,3,6,9-11H2,(H,17,18). The fraction of sp³-hybridized carbons (Fsp3) is 0.400. The highest BCUT2D eigenvalue weighted by molar-refractivity contribution is 5.74. The van der Waals surface area contributed by atoms with Crippen LogP contribution < -0.4 is 0 Å². The van der Waals surface area contributed by atoms with E-state index < -0.39 is 12.0 Å². The molecule has 1 N–H and O–H groups in total. The summed E-state index contributed by atoms with van der Waals surface area (Å²) in [5.41, 5.74) is 2.38. The van der Waals surface area contributed by atoms with E-state index in [1.165, 1.54) is 5.56 Å². The average molecular weight is 243 g/mol. The van der Waals surface area contributed by atoms with Crippen LogP contribution in [0.3, 0.4) is 0 Å². The van der Waals surface area contributed by atoms with Crippen molar-refractivity contribution in [3.63, 3.8) is 0 Å². The molecule has 3 nitrogen and oxygen atoms in total. The van der Waals surface area contributed by atoms with Gasteiger partial charge < -0.3 is 5.11 Å². The van der Waals surface area contributed by atoms with E-state index in [0.717, 1.165) is 18.5 Å². The molecule has 1 aromatic carbocycles. The van der Waals surface area contributed by atoms with Gasteiger partial charge in [-0.3, -0.25) is 9.69 Å². The first kappa shape index (κ1) is 12.7. The zero-order valence-electron chi connectivity index (χ0n) is 10.3. The molecule has 1 atom stereocenters. The van der Waals surface area contributed by atoms with Crippen LogP contribution in [0.25, 0.3) is 0 Å². The minimum absolute atomic E-state index is 0.419. The first-order chi connectivity index (χ1) is 8.72.